The number of fused-ring (bicyclic) bond motifs is 1. The first-order valence-corrected chi connectivity index (χ1v) is 13.6. The van der Waals surface area contributed by atoms with Crippen LogP contribution in [0.1, 0.15) is 25.8 Å². The predicted molar refractivity (Wildman–Crippen MR) is 135 cm³/mol. The van der Waals surface area contributed by atoms with Crippen molar-refractivity contribution in [1.29, 1.82) is 0 Å². The fourth-order valence-corrected chi connectivity index (χ4v) is 5.70. The van der Waals surface area contributed by atoms with Crippen LogP contribution in [0, 0.1) is 5.41 Å². The largest absolute Gasteiger partial charge is 0.497 e. The van der Waals surface area contributed by atoms with Gasteiger partial charge < -0.3 is 19.1 Å². The number of carbonyl (C=O) groups is 1. The maximum absolute atomic E-state index is 13.2. The standard InChI is InChI=1S/C25H37N3O7S/c1-24(2,23(29)34-13-12-27-11-9-25(27)17-33-18-25)16-35-36(30,31)28-15-19(8-10-26(3)4)21-14-20(32-5)6-7-22(21)28/h6-7,14-15H,8-13,16-18H2,1-5H3. The summed E-state index contributed by atoms with van der Waals surface area (Å²) in [6.07, 6.45) is 3.35. The highest BCUT2D eigenvalue weighted by Crippen LogP contribution is 2.36. The van der Waals surface area contributed by atoms with E-state index in [2.05, 4.69) is 4.90 Å². The second-order valence-electron chi connectivity index (χ2n) is 10.6. The van der Waals surface area contributed by atoms with Gasteiger partial charge in [0.25, 0.3) is 0 Å². The molecule has 2 fully saturated rings. The fourth-order valence-electron chi connectivity index (χ4n) is 4.48. The molecular weight excluding hydrogens is 486 g/mol. The van der Waals surface area contributed by atoms with E-state index in [1.54, 1.807) is 39.3 Å². The lowest BCUT2D eigenvalue weighted by atomic mass is 9.83. The molecule has 36 heavy (non-hydrogen) atoms. The van der Waals surface area contributed by atoms with E-state index in [-0.39, 0.29) is 18.8 Å². The molecule has 0 unspecified atom stereocenters. The third-order valence-electron chi connectivity index (χ3n) is 7.10. The third-order valence-corrected chi connectivity index (χ3v) is 8.30. The van der Waals surface area contributed by atoms with Gasteiger partial charge in [-0.3, -0.25) is 13.9 Å². The predicted octanol–water partition coefficient (Wildman–Crippen LogP) is 1.91. The van der Waals surface area contributed by atoms with Crippen LogP contribution in [-0.4, -0.2) is 101 Å². The van der Waals surface area contributed by atoms with Gasteiger partial charge in [-0.2, -0.15) is 8.42 Å². The lowest BCUT2D eigenvalue weighted by Crippen LogP contribution is -2.71. The second-order valence-corrected chi connectivity index (χ2v) is 12.1. The van der Waals surface area contributed by atoms with Gasteiger partial charge in [-0.15, -0.1) is 0 Å². The Hall–Kier alpha value is -2.18. The zero-order chi connectivity index (χ0) is 26.1. The Morgan fingerprint density at radius 2 is 2.00 bits per heavy atom. The molecule has 0 aliphatic carbocycles. The molecule has 2 aliphatic heterocycles. The molecule has 10 nitrogen and oxygen atoms in total. The summed E-state index contributed by atoms with van der Waals surface area (Å²) < 4.78 is 49.1. The molecule has 2 saturated heterocycles. The van der Waals surface area contributed by atoms with E-state index in [4.69, 9.17) is 18.4 Å². The highest BCUT2D eigenvalue weighted by molar-refractivity contribution is 7.85. The molecule has 2 aliphatic rings. The number of likely N-dealkylation sites (tertiary alicyclic amines) is 1. The van der Waals surface area contributed by atoms with Crippen LogP contribution in [0.2, 0.25) is 0 Å². The van der Waals surface area contributed by atoms with Crippen molar-refractivity contribution in [3.05, 3.63) is 30.0 Å². The number of hydrogen-bond donors (Lipinski definition) is 0. The van der Waals surface area contributed by atoms with Crippen LogP contribution in [0.5, 0.6) is 5.75 Å². The van der Waals surface area contributed by atoms with Crippen molar-refractivity contribution in [3.63, 3.8) is 0 Å². The van der Waals surface area contributed by atoms with Crippen molar-refractivity contribution in [2.24, 2.45) is 5.41 Å². The average molecular weight is 524 g/mol. The van der Waals surface area contributed by atoms with E-state index in [9.17, 15) is 13.2 Å². The summed E-state index contributed by atoms with van der Waals surface area (Å²) in [7, 11) is 1.30. The molecule has 1 spiro atoms. The Kier molecular flexibility index (Phi) is 7.68. The Bertz CT molecular complexity index is 1200. The Morgan fingerprint density at radius 1 is 1.25 bits per heavy atom. The Labute approximate surface area is 213 Å². The number of carbonyl (C=O) groups excluding carboxylic acids is 1. The van der Waals surface area contributed by atoms with E-state index >= 15 is 0 Å². The molecule has 11 heteroatoms. The van der Waals surface area contributed by atoms with Crippen LogP contribution in [-0.2, 0) is 35.2 Å². The number of ether oxygens (including phenoxy) is 3. The summed E-state index contributed by atoms with van der Waals surface area (Å²) in [5.74, 6) is 0.147. The van der Waals surface area contributed by atoms with Gasteiger partial charge in [-0.1, -0.05) is 0 Å². The monoisotopic (exact) mass is 523 g/mol. The molecule has 0 N–H and O–H groups in total. The Balaban J connectivity index is 1.41. The molecule has 0 amide bonds. The van der Waals surface area contributed by atoms with Gasteiger partial charge in [-0.25, -0.2) is 3.97 Å². The van der Waals surface area contributed by atoms with E-state index in [0.29, 0.717) is 24.2 Å². The van der Waals surface area contributed by atoms with Crippen molar-refractivity contribution in [1.82, 2.24) is 13.8 Å². The van der Waals surface area contributed by atoms with Crippen molar-refractivity contribution in [2.75, 3.05) is 67.3 Å². The number of esters is 1. The van der Waals surface area contributed by atoms with Crippen LogP contribution >= 0.6 is 0 Å². The number of hydrogen-bond acceptors (Lipinski definition) is 9. The lowest BCUT2D eigenvalue weighted by Gasteiger charge is -2.57. The van der Waals surface area contributed by atoms with Gasteiger partial charge in [0.05, 0.1) is 43.4 Å². The molecule has 200 valence electrons. The summed E-state index contributed by atoms with van der Waals surface area (Å²) in [6.45, 7) is 6.98. The van der Waals surface area contributed by atoms with Crippen molar-refractivity contribution >= 4 is 27.2 Å². The number of aromatic nitrogens is 1. The Morgan fingerprint density at radius 3 is 2.58 bits per heavy atom. The summed E-state index contributed by atoms with van der Waals surface area (Å²) in [6, 6.07) is 5.23. The maximum atomic E-state index is 13.2. The smallest absolute Gasteiger partial charge is 0.366 e. The van der Waals surface area contributed by atoms with Crippen molar-refractivity contribution in [2.45, 2.75) is 32.2 Å². The molecule has 1 aromatic heterocycles. The third kappa shape index (κ3) is 5.40. The number of likely N-dealkylation sites (N-methyl/N-ethyl adjacent to an activating group) is 1. The first-order chi connectivity index (χ1) is 17.0. The molecule has 3 heterocycles. The van der Waals surface area contributed by atoms with Crippen molar-refractivity contribution in [3.8, 4) is 5.75 Å². The highest BCUT2D eigenvalue weighted by Gasteiger charge is 2.50. The quantitative estimate of drug-likeness (QED) is 0.386. The summed E-state index contributed by atoms with van der Waals surface area (Å²) in [4.78, 5) is 17.0. The minimum absolute atomic E-state index is 0.133. The number of nitrogens with zero attached hydrogens (tertiary/aromatic N) is 3. The summed E-state index contributed by atoms with van der Waals surface area (Å²) in [5.41, 5.74) is 0.352. The van der Waals surface area contributed by atoms with Gasteiger partial charge in [0.1, 0.15) is 12.4 Å². The molecular formula is C25H37N3O7S. The van der Waals surface area contributed by atoms with E-state index in [1.807, 2.05) is 25.1 Å². The van der Waals surface area contributed by atoms with Gasteiger partial charge >= 0.3 is 16.3 Å². The molecule has 0 saturated carbocycles. The van der Waals surface area contributed by atoms with Gasteiger partial charge in [0, 0.05) is 31.2 Å². The zero-order valence-electron chi connectivity index (χ0n) is 21.8. The molecule has 1 aromatic carbocycles. The molecule has 0 bridgehead atoms. The number of benzene rings is 1. The fraction of sp³-hybridized carbons (Fsp3) is 0.640. The summed E-state index contributed by atoms with van der Waals surface area (Å²) >= 11 is 0. The highest BCUT2D eigenvalue weighted by atomic mass is 32.2. The van der Waals surface area contributed by atoms with E-state index < -0.39 is 21.7 Å². The maximum Gasteiger partial charge on any atom is 0.366 e. The van der Waals surface area contributed by atoms with E-state index in [1.165, 1.54) is 0 Å². The van der Waals surface area contributed by atoms with E-state index in [0.717, 1.165) is 47.6 Å². The first kappa shape index (κ1) is 26.9. The van der Waals surface area contributed by atoms with Crippen LogP contribution in [0.4, 0.5) is 0 Å². The molecule has 4 rings (SSSR count). The van der Waals surface area contributed by atoms with Crippen LogP contribution in [0.15, 0.2) is 24.4 Å². The molecule has 0 atom stereocenters. The van der Waals surface area contributed by atoms with Crippen LogP contribution in [0.25, 0.3) is 10.9 Å². The topological polar surface area (TPSA) is 99.5 Å². The molecule has 2 aromatic rings. The van der Waals surface area contributed by atoms with Crippen LogP contribution in [0.3, 0.4) is 0 Å². The van der Waals surface area contributed by atoms with Crippen molar-refractivity contribution < 1.29 is 31.6 Å². The lowest BCUT2D eigenvalue weighted by molar-refractivity contribution is -0.197. The minimum Gasteiger partial charge on any atom is -0.497 e. The normalized spacial score (nSPS) is 17.8. The van der Waals surface area contributed by atoms with Gasteiger partial charge in [0.15, 0.2) is 0 Å². The molecule has 0 radical (unpaired) electrons. The minimum atomic E-state index is -4.20. The zero-order valence-corrected chi connectivity index (χ0v) is 22.6. The number of rotatable bonds is 12. The number of methoxy groups -OCH3 is 1. The second kappa shape index (κ2) is 10.3. The summed E-state index contributed by atoms with van der Waals surface area (Å²) in [5, 5.41) is 0.780. The average Bonchev–Trinajstić information content (AvgIpc) is 3.16. The SMILES string of the molecule is COc1ccc2c(c1)c(CCN(C)C)cn2S(=O)(=O)OCC(C)(C)C(=O)OCCN1CCC12COC2. The van der Waals surface area contributed by atoms with Crippen LogP contribution < -0.4 is 4.74 Å². The van der Waals surface area contributed by atoms with Gasteiger partial charge in [0.2, 0.25) is 0 Å². The first-order valence-electron chi connectivity index (χ1n) is 12.2. The van der Waals surface area contributed by atoms with Gasteiger partial charge in [-0.05, 0) is 64.5 Å².